The van der Waals surface area contributed by atoms with Gasteiger partial charge in [0, 0.05) is 30.3 Å². The van der Waals surface area contributed by atoms with Gasteiger partial charge in [0.25, 0.3) is 5.91 Å². The van der Waals surface area contributed by atoms with Crippen LogP contribution in [0.2, 0.25) is 0 Å². The Morgan fingerprint density at radius 3 is 2.42 bits per heavy atom. The van der Waals surface area contributed by atoms with Crippen molar-refractivity contribution in [3.8, 4) is 5.75 Å². The van der Waals surface area contributed by atoms with E-state index in [-0.39, 0.29) is 17.7 Å². The van der Waals surface area contributed by atoms with E-state index in [9.17, 15) is 9.59 Å². The van der Waals surface area contributed by atoms with Crippen LogP contribution < -0.4 is 10.1 Å². The zero-order chi connectivity index (χ0) is 18.5. The molecular weight excluding hydrogens is 328 g/mol. The van der Waals surface area contributed by atoms with Crippen LogP contribution in [0.15, 0.2) is 48.5 Å². The summed E-state index contributed by atoms with van der Waals surface area (Å²) in [6.45, 7) is 3.19. The molecule has 5 nitrogen and oxygen atoms in total. The van der Waals surface area contributed by atoms with Crippen molar-refractivity contribution in [3.05, 3.63) is 59.7 Å². The van der Waals surface area contributed by atoms with Crippen molar-refractivity contribution in [2.24, 2.45) is 5.92 Å². The van der Waals surface area contributed by atoms with Gasteiger partial charge in [-0.05, 0) is 50.1 Å². The molecule has 2 aromatic carbocycles. The first-order valence-electron chi connectivity index (χ1n) is 8.87. The van der Waals surface area contributed by atoms with Gasteiger partial charge in [0.2, 0.25) is 5.91 Å². The first kappa shape index (κ1) is 18.0. The summed E-state index contributed by atoms with van der Waals surface area (Å²) in [5.41, 5.74) is 2.59. The number of aryl methyl sites for hydroxylation is 1. The quantitative estimate of drug-likeness (QED) is 0.916. The van der Waals surface area contributed by atoms with Gasteiger partial charge in [0.15, 0.2) is 0 Å². The number of nitrogens with zero attached hydrogens (tertiary/aromatic N) is 1. The van der Waals surface area contributed by atoms with Gasteiger partial charge in [0.1, 0.15) is 5.75 Å². The van der Waals surface area contributed by atoms with E-state index in [1.807, 2.05) is 48.2 Å². The van der Waals surface area contributed by atoms with Crippen molar-refractivity contribution in [1.82, 2.24) is 4.90 Å². The first-order chi connectivity index (χ1) is 12.6. The molecule has 0 atom stereocenters. The highest BCUT2D eigenvalue weighted by atomic mass is 16.5. The number of carbonyl (C=O) groups is 2. The number of carbonyl (C=O) groups excluding carboxylic acids is 2. The van der Waals surface area contributed by atoms with E-state index in [0.29, 0.717) is 37.2 Å². The summed E-state index contributed by atoms with van der Waals surface area (Å²) in [7, 11) is 1.59. The molecule has 0 unspecified atom stereocenters. The number of ether oxygens (including phenoxy) is 1. The Bertz CT molecular complexity index is 778. The largest absolute Gasteiger partial charge is 0.497 e. The number of likely N-dealkylation sites (tertiary alicyclic amines) is 1. The summed E-state index contributed by atoms with van der Waals surface area (Å²) in [6, 6.07) is 14.9. The predicted octanol–water partition coefficient (Wildman–Crippen LogP) is 3.49. The molecule has 2 aromatic rings. The molecule has 3 rings (SSSR count). The van der Waals surface area contributed by atoms with Crippen molar-refractivity contribution in [2.75, 3.05) is 25.5 Å². The summed E-state index contributed by atoms with van der Waals surface area (Å²) in [4.78, 5) is 26.9. The van der Waals surface area contributed by atoms with Gasteiger partial charge in [0.05, 0.1) is 7.11 Å². The zero-order valence-electron chi connectivity index (χ0n) is 15.2. The van der Waals surface area contributed by atoms with Crippen LogP contribution in [0.5, 0.6) is 5.75 Å². The maximum Gasteiger partial charge on any atom is 0.253 e. The average molecular weight is 352 g/mol. The van der Waals surface area contributed by atoms with Crippen LogP contribution >= 0.6 is 0 Å². The summed E-state index contributed by atoms with van der Waals surface area (Å²) in [5, 5.41) is 2.97. The molecule has 1 aliphatic heterocycles. The minimum atomic E-state index is -0.0642. The monoisotopic (exact) mass is 352 g/mol. The van der Waals surface area contributed by atoms with Crippen LogP contribution in [0, 0.1) is 12.8 Å². The average Bonchev–Trinajstić information content (AvgIpc) is 2.69. The molecule has 5 heteroatoms. The molecule has 2 amide bonds. The maximum atomic E-state index is 12.6. The molecule has 0 aromatic heterocycles. The Labute approximate surface area is 154 Å². The Morgan fingerprint density at radius 1 is 1.08 bits per heavy atom. The molecule has 1 saturated heterocycles. The van der Waals surface area contributed by atoms with E-state index in [4.69, 9.17) is 4.74 Å². The maximum absolute atomic E-state index is 12.6. The molecule has 1 heterocycles. The van der Waals surface area contributed by atoms with Gasteiger partial charge in [-0.3, -0.25) is 9.59 Å². The van der Waals surface area contributed by atoms with Crippen LogP contribution in [0.1, 0.15) is 28.8 Å². The SMILES string of the molecule is COc1cccc(C(=O)N2CCC(C(=O)Nc3ccc(C)cc3)CC2)c1. The van der Waals surface area contributed by atoms with E-state index in [1.165, 1.54) is 0 Å². The molecule has 0 aliphatic carbocycles. The Balaban J connectivity index is 1.55. The van der Waals surface area contributed by atoms with Crippen molar-refractivity contribution >= 4 is 17.5 Å². The van der Waals surface area contributed by atoms with Gasteiger partial charge >= 0.3 is 0 Å². The highest BCUT2D eigenvalue weighted by molar-refractivity contribution is 5.95. The zero-order valence-corrected chi connectivity index (χ0v) is 15.2. The number of rotatable bonds is 4. The standard InChI is InChI=1S/C21H24N2O3/c1-15-6-8-18(9-7-15)22-20(24)16-10-12-23(13-11-16)21(25)17-4-3-5-19(14-17)26-2/h3-9,14,16H,10-13H2,1-2H3,(H,22,24). The molecule has 1 N–H and O–H groups in total. The van der Waals surface area contributed by atoms with Crippen molar-refractivity contribution < 1.29 is 14.3 Å². The van der Waals surface area contributed by atoms with Crippen molar-refractivity contribution in [1.29, 1.82) is 0 Å². The van der Waals surface area contributed by atoms with E-state index in [2.05, 4.69) is 5.32 Å². The predicted molar refractivity (Wildman–Crippen MR) is 101 cm³/mol. The molecule has 0 spiro atoms. The number of anilines is 1. The third kappa shape index (κ3) is 4.23. The Kier molecular flexibility index (Phi) is 5.56. The Hall–Kier alpha value is -2.82. The van der Waals surface area contributed by atoms with E-state index in [1.54, 1.807) is 19.2 Å². The molecule has 1 fully saturated rings. The van der Waals surface area contributed by atoms with E-state index < -0.39 is 0 Å². The van der Waals surface area contributed by atoms with Gasteiger partial charge in [-0.2, -0.15) is 0 Å². The lowest BCUT2D eigenvalue weighted by molar-refractivity contribution is -0.121. The van der Waals surface area contributed by atoms with Crippen LogP contribution in [0.4, 0.5) is 5.69 Å². The second-order valence-corrected chi connectivity index (χ2v) is 6.65. The van der Waals surface area contributed by atoms with E-state index in [0.717, 1.165) is 11.3 Å². The summed E-state index contributed by atoms with van der Waals surface area (Å²) >= 11 is 0. The minimum absolute atomic E-state index is 0.0127. The van der Waals surface area contributed by atoms with Crippen molar-refractivity contribution in [2.45, 2.75) is 19.8 Å². The minimum Gasteiger partial charge on any atom is -0.497 e. The lowest BCUT2D eigenvalue weighted by atomic mass is 9.95. The van der Waals surface area contributed by atoms with Gasteiger partial charge < -0.3 is 15.0 Å². The fourth-order valence-corrected chi connectivity index (χ4v) is 3.16. The van der Waals surface area contributed by atoms with E-state index >= 15 is 0 Å². The number of benzene rings is 2. The molecule has 1 aliphatic rings. The third-order valence-corrected chi connectivity index (χ3v) is 4.79. The lowest BCUT2D eigenvalue weighted by Gasteiger charge is -2.31. The number of hydrogen-bond donors (Lipinski definition) is 1. The highest BCUT2D eigenvalue weighted by Crippen LogP contribution is 2.22. The summed E-state index contributed by atoms with van der Waals surface area (Å²) in [5.74, 6) is 0.623. The Morgan fingerprint density at radius 2 is 1.77 bits per heavy atom. The van der Waals surface area contributed by atoms with Crippen LogP contribution in [-0.2, 0) is 4.79 Å². The highest BCUT2D eigenvalue weighted by Gasteiger charge is 2.28. The third-order valence-electron chi connectivity index (χ3n) is 4.79. The lowest BCUT2D eigenvalue weighted by Crippen LogP contribution is -2.41. The van der Waals surface area contributed by atoms with Gasteiger partial charge in [-0.15, -0.1) is 0 Å². The number of amides is 2. The second kappa shape index (κ2) is 8.04. The molecule has 136 valence electrons. The number of hydrogen-bond acceptors (Lipinski definition) is 3. The smallest absolute Gasteiger partial charge is 0.253 e. The molecule has 0 radical (unpaired) electrons. The number of methoxy groups -OCH3 is 1. The molecule has 0 saturated carbocycles. The molecular formula is C21H24N2O3. The first-order valence-corrected chi connectivity index (χ1v) is 8.87. The fourth-order valence-electron chi connectivity index (χ4n) is 3.16. The van der Waals surface area contributed by atoms with Crippen LogP contribution in [0.25, 0.3) is 0 Å². The van der Waals surface area contributed by atoms with Gasteiger partial charge in [-0.25, -0.2) is 0 Å². The summed E-state index contributed by atoms with van der Waals surface area (Å²) in [6.07, 6.45) is 1.35. The molecule has 0 bridgehead atoms. The van der Waals surface area contributed by atoms with Crippen LogP contribution in [-0.4, -0.2) is 36.9 Å². The summed E-state index contributed by atoms with van der Waals surface area (Å²) < 4.78 is 5.18. The second-order valence-electron chi connectivity index (χ2n) is 6.65. The topological polar surface area (TPSA) is 58.6 Å². The van der Waals surface area contributed by atoms with Gasteiger partial charge in [-0.1, -0.05) is 23.8 Å². The fraction of sp³-hybridized carbons (Fsp3) is 0.333. The molecule has 26 heavy (non-hydrogen) atoms. The van der Waals surface area contributed by atoms with Crippen molar-refractivity contribution in [3.63, 3.8) is 0 Å². The normalized spacial score (nSPS) is 14.8. The number of nitrogens with one attached hydrogen (secondary N) is 1. The van der Waals surface area contributed by atoms with Crippen LogP contribution in [0.3, 0.4) is 0 Å². The number of piperidine rings is 1.